The van der Waals surface area contributed by atoms with Gasteiger partial charge in [-0.05, 0) is 46.5 Å². The van der Waals surface area contributed by atoms with E-state index in [1.165, 1.54) is 34.6 Å². The molecule has 1 saturated heterocycles. The van der Waals surface area contributed by atoms with Crippen molar-refractivity contribution in [2.75, 3.05) is 11.5 Å². The van der Waals surface area contributed by atoms with Gasteiger partial charge >= 0.3 is 0 Å². The predicted molar refractivity (Wildman–Crippen MR) is 111 cm³/mol. The normalized spacial score (nSPS) is 22.3. The largest absolute Gasteiger partial charge is 0.466 e. The van der Waals surface area contributed by atoms with Crippen molar-refractivity contribution in [2.24, 2.45) is 0 Å². The number of fused-ring (bicyclic) bond motifs is 1. The standard InChI is InChI=1S/C22H26OS2/c1-21(2,3)18-12-7-11-17-15-19(16-9-5-4-6-10-16)22(23-20(17)18)24-13-8-14-25-22/h4-7,9-12,19H,8,13-15H2,1-3H3/t19-/m0/s1. The molecule has 2 aromatic rings. The Bertz CT molecular complexity index is 742. The summed E-state index contributed by atoms with van der Waals surface area (Å²) in [6.45, 7) is 6.84. The van der Waals surface area contributed by atoms with Gasteiger partial charge < -0.3 is 4.74 Å². The molecule has 0 radical (unpaired) electrons. The van der Waals surface area contributed by atoms with E-state index in [2.05, 4.69) is 69.3 Å². The zero-order chi connectivity index (χ0) is 17.5. The summed E-state index contributed by atoms with van der Waals surface area (Å²) >= 11 is 4.03. The van der Waals surface area contributed by atoms with Gasteiger partial charge in [-0.1, -0.05) is 69.3 Å². The highest BCUT2D eigenvalue weighted by molar-refractivity contribution is 8.18. The molecule has 0 amide bonds. The molecule has 1 fully saturated rings. The third-order valence-electron chi connectivity index (χ3n) is 5.10. The first-order valence-corrected chi connectivity index (χ1v) is 11.1. The molecule has 0 N–H and O–H groups in total. The average molecular weight is 371 g/mol. The number of ether oxygens (including phenoxy) is 1. The lowest BCUT2D eigenvalue weighted by Crippen LogP contribution is -2.43. The third-order valence-corrected chi connectivity index (χ3v) is 8.33. The Morgan fingerprint density at radius 3 is 2.36 bits per heavy atom. The second-order valence-electron chi connectivity index (χ2n) is 7.97. The van der Waals surface area contributed by atoms with E-state index >= 15 is 0 Å². The molecule has 2 aliphatic rings. The lowest BCUT2D eigenvalue weighted by Gasteiger charge is -2.47. The maximum Gasteiger partial charge on any atom is 0.208 e. The number of para-hydroxylation sites is 1. The molecule has 2 aliphatic heterocycles. The lowest BCUT2D eigenvalue weighted by molar-refractivity contribution is 0.194. The summed E-state index contributed by atoms with van der Waals surface area (Å²) in [5, 5.41) is 0. The molecule has 1 spiro atoms. The minimum Gasteiger partial charge on any atom is -0.466 e. The first kappa shape index (κ1) is 17.4. The van der Waals surface area contributed by atoms with Gasteiger partial charge in [-0.3, -0.25) is 0 Å². The van der Waals surface area contributed by atoms with E-state index in [1.54, 1.807) is 0 Å². The predicted octanol–water partition coefficient (Wildman–Crippen LogP) is 6.23. The topological polar surface area (TPSA) is 9.23 Å². The average Bonchev–Trinajstić information content (AvgIpc) is 2.61. The molecular formula is C22H26OS2. The summed E-state index contributed by atoms with van der Waals surface area (Å²) in [5.74, 6) is 3.91. The molecule has 25 heavy (non-hydrogen) atoms. The molecule has 3 heteroatoms. The molecule has 132 valence electrons. The van der Waals surface area contributed by atoms with Gasteiger partial charge in [-0.15, -0.1) is 23.5 Å². The molecule has 0 unspecified atom stereocenters. The van der Waals surface area contributed by atoms with Gasteiger partial charge in [0.15, 0.2) is 0 Å². The summed E-state index contributed by atoms with van der Waals surface area (Å²) in [6.07, 6.45) is 2.33. The van der Waals surface area contributed by atoms with Crippen molar-refractivity contribution in [2.45, 2.75) is 49.2 Å². The van der Waals surface area contributed by atoms with E-state index in [0.717, 1.165) is 12.2 Å². The fourth-order valence-electron chi connectivity index (χ4n) is 3.81. The van der Waals surface area contributed by atoms with Gasteiger partial charge in [0.05, 0.1) is 0 Å². The van der Waals surface area contributed by atoms with Crippen molar-refractivity contribution in [1.29, 1.82) is 0 Å². The zero-order valence-electron chi connectivity index (χ0n) is 15.2. The Morgan fingerprint density at radius 1 is 0.960 bits per heavy atom. The van der Waals surface area contributed by atoms with Gasteiger partial charge in [0, 0.05) is 5.92 Å². The number of hydrogen-bond donors (Lipinski definition) is 0. The molecule has 1 atom stereocenters. The fourth-order valence-corrected chi connectivity index (χ4v) is 7.10. The van der Waals surface area contributed by atoms with Crippen molar-refractivity contribution in [3.05, 3.63) is 65.2 Å². The molecule has 4 rings (SSSR count). The molecule has 2 heterocycles. The highest BCUT2D eigenvalue weighted by Gasteiger charge is 2.48. The summed E-state index contributed by atoms with van der Waals surface area (Å²) in [4.78, 5) is 0. The number of rotatable bonds is 1. The summed E-state index contributed by atoms with van der Waals surface area (Å²) in [5.41, 5.74) is 4.19. The Labute approximate surface area is 159 Å². The number of thioether (sulfide) groups is 2. The van der Waals surface area contributed by atoms with Crippen LogP contribution in [0, 0.1) is 0 Å². The van der Waals surface area contributed by atoms with Crippen molar-refractivity contribution >= 4 is 23.5 Å². The van der Waals surface area contributed by atoms with Crippen LogP contribution in [0.1, 0.15) is 49.8 Å². The molecule has 1 nitrogen and oxygen atoms in total. The minimum atomic E-state index is -0.187. The van der Waals surface area contributed by atoms with Crippen LogP contribution in [0.2, 0.25) is 0 Å². The summed E-state index contributed by atoms with van der Waals surface area (Å²) in [7, 11) is 0. The molecule has 0 aromatic heterocycles. The van der Waals surface area contributed by atoms with Gasteiger partial charge in [0.1, 0.15) is 5.75 Å². The van der Waals surface area contributed by atoms with Crippen LogP contribution in [0.25, 0.3) is 0 Å². The smallest absolute Gasteiger partial charge is 0.208 e. The highest BCUT2D eigenvalue weighted by Crippen LogP contribution is 2.57. The fraction of sp³-hybridized carbons (Fsp3) is 0.455. The second kappa shape index (κ2) is 6.59. The van der Waals surface area contributed by atoms with Crippen LogP contribution in [-0.4, -0.2) is 15.8 Å². The summed E-state index contributed by atoms with van der Waals surface area (Å²) in [6, 6.07) is 17.6. The van der Waals surface area contributed by atoms with Crippen LogP contribution in [0.3, 0.4) is 0 Å². The van der Waals surface area contributed by atoms with Crippen LogP contribution >= 0.6 is 23.5 Å². The van der Waals surface area contributed by atoms with Crippen LogP contribution in [0.5, 0.6) is 5.75 Å². The van der Waals surface area contributed by atoms with Crippen LogP contribution in [0.15, 0.2) is 48.5 Å². The molecule has 0 saturated carbocycles. The third kappa shape index (κ3) is 3.21. The quantitative estimate of drug-likeness (QED) is 0.589. The SMILES string of the molecule is CC(C)(C)c1cccc2c1OC1(SCCCS1)[C@H](c1ccccc1)C2. The van der Waals surface area contributed by atoms with E-state index in [9.17, 15) is 0 Å². The maximum absolute atomic E-state index is 6.91. The first-order valence-electron chi connectivity index (χ1n) is 9.14. The van der Waals surface area contributed by atoms with Crippen LogP contribution < -0.4 is 4.74 Å². The number of benzene rings is 2. The minimum absolute atomic E-state index is 0.0934. The molecule has 2 aromatic carbocycles. The Balaban J connectivity index is 1.83. The van der Waals surface area contributed by atoms with Crippen molar-refractivity contribution in [3.63, 3.8) is 0 Å². The number of hydrogen-bond acceptors (Lipinski definition) is 3. The maximum atomic E-state index is 6.91. The van der Waals surface area contributed by atoms with Crippen molar-refractivity contribution in [3.8, 4) is 5.75 Å². The monoisotopic (exact) mass is 370 g/mol. The molecule has 0 bridgehead atoms. The molecule has 0 aliphatic carbocycles. The Morgan fingerprint density at radius 2 is 1.68 bits per heavy atom. The van der Waals surface area contributed by atoms with Gasteiger partial charge in [-0.25, -0.2) is 0 Å². The summed E-state index contributed by atoms with van der Waals surface area (Å²) < 4.78 is 6.72. The first-order chi connectivity index (χ1) is 12.0. The van der Waals surface area contributed by atoms with Gasteiger partial charge in [0.25, 0.3) is 0 Å². The van der Waals surface area contributed by atoms with Crippen LogP contribution in [0.4, 0.5) is 0 Å². The van der Waals surface area contributed by atoms with E-state index in [4.69, 9.17) is 4.74 Å². The molecular weight excluding hydrogens is 344 g/mol. The van der Waals surface area contributed by atoms with E-state index in [-0.39, 0.29) is 9.68 Å². The van der Waals surface area contributed by atoms with E-state index < -0.39 is 0 Å². The van der Waals surface area contributed by atoms with Crippen molar-refractivity contribution in [1.82, 2.24) is 0 Å². The zero-order valence-corrected chi connectivity index (χ0v) is 16.9. The Kier molecular flexibility index (Phi) is 4.57. The van der Waals surface area contributed by atoms with Gasteiger partial charge in [-0.2, -0.15) is 0 Å². The highest BCUT2D eigenvalue weighted by atomic mass is 32.2. The second-order valence-corrected chi connectivity index (χ2v) is 10.8. The van der Waals surface area contributed by atoms with Crippen molar-refractivity contribution < 1.29 is 4.74 Å². The van der Waals surface area contributed by atoms with Gasteiger partial charge in [0.2, 0.25) is 4.27 Å². The van der Waals surface area contributed by atoms with Crippen LogP contribution in [-0.2, 0) is 11.8 Å². The lowest BCUT2D eigenvalue weighted by atomic mass is 9.82. The van der Waals surface area contributed by atoms with E-state index in [0.29, 0.717) is 5.92 Å². The Hall–Kier alpha value is -1.06. The van der Waals surface area contributed by atoms with E-state index in [1.807, 2.05) is 23.5 Å².